The van der Waals surface area contributed by atoms with Crippen LogP contribution in [0.2, 0.25) is 0 Å². The Labute approximate surface area is 201 Å². The number of nitrogens with zero attached hydrogens (tertiary/aromatic N) is 4. The molecule has 1 fully saturated rings. The number of hydrogen-bond donors (Lipinski definition) is 0. The van der Waals surface area contributed by atoms with Crippen molar-refractivity contribution >= 4 is 20.9 Å². The molecule has 0 N–H and O–H groups in total. The van der Waals surface area contributed by atoms with E-state index in [4.69, 9.17) is 4.74 Å². The van der Waals surface area contributed by atoms with E-state index in [1.54, 1.807) is 21.1 Å². The van der Waals surface area contributed by atoms with E-state index in [0.29, 0.717) is 25.6 Å². The fourth-order valence-corrected chi connectivity index (χ4v) is 6.06. The van der Waals surface area contributed by atoms with Crippen molar-refractivity contribution < 1.29 is 17.5 Å². The maximum atomic E-state index is 13.4. The summed E-state index contributed by atoms with van der Waals surface area (Å²) in [4.78, 5) is 2.39. The van der Waals surface area contributed by atoms with E-state index in [9.17, 15) is 12.8 Å². The summed E-state index contributed by atoms with van der Waals surface area (Å²) in [5.74, 6) is 0.165. The minimum Gasteiger partial charge on any atom is -0.384 e. The second-order valence-electron chi connectivity index (χ2n) is 9.37. The highest BCUT2D eigenvalue weighted by atomic mass is 32.2. The zero-order chi connectivity index (χ0) is 24.5. The van der Waals surface area contributed by atoms with Gasteiger partial charge in [-0.05, 0) is 60.4 Å². The molecule has 0 aliphatic carbocycles. The number of fused-ring (bicyclic) bond motifs is 1. The molecule has 34 heavy (non-hydrogen) atoms. The third kappa shape index (κ3) is 5.17. The topological polar surface area (TPSA) is 67.7 Å². The van der Waals surface area contributed by atoms with Crippen LogP contribution in [0.3, 0.4) is 0 Å². The van der Waals surface area contributed by atoms with Gasteiger partial charge >= 0.3 is 0 Å². The van der Waals surface area contributed by atoms with Gasteiger partial charge in [0.25, 0.3) is 0 Å². The largest absolute Gasteiger partial charge is 0.384 e. The van der Waals surface area contributed by atoms with E-state index in [1.165, 1.54) is 19.2 Å². The van der Waals surface area contributed by atoms with Crippen LogP contribution in [0.25, 0.3) is 16.6 Å². The molecule has 3 aromatic rings. The number of ether oxygens (including phenoxy) is 1. The lowest BCUT2D eigenvalue weighted by molar-refractivity contribution is 0.104. The molecular formula is C25H33FN4O3S. The van der Waals surface area contributed by atoms with Crippen LogP contribution in [0, 0.1) is 18.7 Å². The first kappa shape index (κ1) is 24.8. The molecule has 2 heterocycles. The SMILES string of the molecule is COCCS(=O)(=O)N1CCN(CC(C)C)[C@@H](c2cc3cnn(-c4ccc(F)cc4)c3cc2C)C1. The van der Waals surface area contributed by atoms with Gasteiger partial charge in [0.15, 0.2) is 0 Å². The number of halogens is 1. The van der Waals surface area contributed by atoms with E-state index in [0.717, 1.165) is 34.3 Å². The Kier molecular flexibility index (Phi) is 7.37. The molecule has 184 valence electrons. The summed E-state index contributed by atoms with van der Waals surface area (Å²) in [6.07, 6.45) is 1.81. The van der Waals surface area contributed by atoms with Crippen molar-refractivity contribution in [1.29, 1.82) is 0 Å². The van der Waals surface area contributed by atoms with Gasteiger partial charge in [-0.1, -0.05) is 13.8 Å². The third-order valence-corrected chi connectivity index (χ3v) is 8.18. The molecule has 9 heteroatoms. The van der Waals surface area contributed by atoms with E-state index >= 15 is 0 Å². The predicted molar refractivity (Wildman–Crippen MR) is 132 cm³/mol. The lowest BCUT2D eigenvalue weighted by atomic mass is 9.96. The summed E-state index contributed by atoms with van der Waals surface area (Å²) in [5, 5.41) is 5.50. The molecule has 0 radical (unpaired) electrons. The Hall–Kier alpha value is -2.33. The van der Waals surface area contributed by atoms with Crippen molar-refractivity contribution in [2.75, 3.05) is 45.6 Å². The van der Waals surface area contributed by atoms with Crippen LogP contribution in [-0.2, 0) is 14.8 Å². The number of rotatable bonds is 8. The number of hydrogen-bond acceptors (Lipinski definition) is 5. The Bertz CT molecular complexity index is 1240. The fourth-order valence-electron chi connectivity index (χ4n) is 4.69. The summed E-state index contributed by atoms with van der Waals surface area (Å²) in [6, 6.07) is 10.4. The molecule has 1 aliphatic heterocycles. The van der Waals surface area contributed by atoms with Gasteiger partial charge in [-0.15, -0.1) is 0 Å². The Morgan fingerprint density at radius 1 is 1.18 bits per heavy atom. The Morgan fingerprint density at radius 2 is 1.91 bits per heavy atom. The van der Waals surface area contributed by atoms with Gasteiger partial charge in [0, 0.05) is 44.7 Å². The van der Waals surface area contributed by atoms with Crippen LogP contribution in [-0.4, -0.2) is 73.1 Å². The smallest absolute Gasteiger partial charge is 0.216 e. The lowest BCUT2D eigenvalue weighted by Crippen LogP contribution is -2.52. The quantitative estimate of drug-likeness (QED) is 0.483. The van der Waals surface area contributed by atoms with Crippen LogP contribution < -0.4 is 0 Å². The van der Waals surface area contributed by atoms with Gasteiger partial charge in [-0.2, -0.15) is 9.40 Å². The molecule has 1 saturated heterocycles. The molecule has 0 saturated carbocycles. The molecule has 1 aromatic heterocycles. The van der Waals surface area contributed by atoms with Gasteiger partial charge in [-0.3, -0.25) is 4.90 Å². The molecule has 2 aromatic carbocycles. The van der Waals surface area contributed by atoms with E-state index in [2.05, 4.69) is 42.9 Å². The second-order valence-corrected chi connectivity index (χ2v) is 11.5. The van der Waals surface area contributed by atoms with Crippen molar-refractivity contribution in [3.8, 4) is 5.69 Å². The normalized spacial score (nSPS) is 18.2. The second kappa shape index (κ2) is 10.1. The molecule has 4 rings (SSSR count). The number of piperazine rings is 1. The lowest BCUT2D eigenvalue weighted by Gasteiger charge is -2.42. The number of benzene rings is 2. The third-order valence-electron chi connectivity index (χ3n) is 6.38. The van der Waals surface area contributed by atoms with Gasteiger partial charge in [-0.25, -0.2) is 17.5 Å². The highest BCUT2D eigenvalue weighted by Gasteiger charge is 2.35. The van der Waals surface area contributed by atoms with Crippen molar-refractivity contribution in [3.05, 3.63) is 59.5 Å². The Morgan fingerprint density at radius 3 is 2.59 bits per heavy atom. The van der Waals surface area contributed by atoms with Gasteiger partial charge in [0.05, 0.1) is 29.8 Å². The van der Waals surface area contributed by atoms with Crippen LogP contribution in [0.4, 0.5) is 4.39 Å². The Balaban J connectivity index is 1.71. The van der Waals surface area contributed by atoms with Crippen molar-refractivity contribution in [2.45, 2.75) is 26.8 Å². The fraction of sp³-hybridized carbons (Fsp3) is 0.480. The first-order chi connectivity index (χ1) is 16.2. The van der Waals surface area contributed by atoms with E-state index in [1.807, 2.05) is 6.20 Å². The van der Waals surface area contributed by atoms with Crippen LogP contribution in [0.1, 0.15) is 31.0 Å². The van der Waals surface area contributed by atoms with E-state index in [-0.39, 0.29) is 24.2 Å². The molecule has 0 amide bonds. The maximum Gasteiger partial charge on any atom is 0.216 e. The molecule has 0 bridgehead atoms. The highest BCUT2D eigenvalue weighted by Crippen LogP contribution is 2.33. The molecule has 0 spiro atoms. The van der Waals surface area contributed by atoms with Crippen LogP contribution in [0.5, 0.6) is 0 Å². The molecular weight excluding hydrogens is 455 g/mol. The molecule has 1 atom stereocenters. The standard InChI is InChI=1S/C25H33FN4O3S/c1-18(2)16-28-9-10-29(34(31,32)12-11-33-4)17-25(28)23-14-20-15-27-30(24(20)13-19(23)3)22-7-5-21(26)6-8-22/h5-8,13-15,18,25H,9-12,16-17H2,1-4H3/t25-/m1/s1. The maximum absolute atomic E-state index is 13.4. The van der Waals surface area contributed by atoms with Crippen LogP contribution >= 0.6 is 0 Å². The average molecular weight is 489 g/mol. The minimum absolute atomic E-state index is 0.0111. The molecule has 0 unspecified atom stereocenters. The van der Waals surface area contributed by atoms with Gasteiger partial charge in [0.2, 0.25) is 10.0 Å². The van der Waals surface area contributed by atoms with Gasteiger partial charge in [0.1, 0.15) is 5.82 Å². The first-order valence-corrected chi connectivity index (χ1v) is 13.3. The minimum atomic E-state index is -3.39. The van der Waals surface area contributed by atoms with Crippen molar-refractivity contribution in [1.82, 2.24) is 19.0 Å². The summed E-state index contributed by atoms with van der Waals surface area (Å²) in [7, 11) is -1.88. The monoisotopic (exact) mass is 488 g/mol. The zero-order valence-electron chi connectivity index (χ0n) is 20.2. The predicted octanol–water partition coefficient (Wildman–Crippen LogP) is 3.76. The van der Waals surface area contributed by atoms with Crippen molar-refractivity contribution in [2.24, 2.45) is 5.92 Å². The number of methoxy groups -OCH3 is 1. The van der Waals surface area contributed by atoms with Gasteiger partial charge < -0.3 is 4.74 Å². The average Bonchev–Trinajstić information content (AvgIpc) is 3.20. The zero-order valence-corrected chi connectivity index (χ0v) is 21.1. The summed E-state index contributed by atoms with van der Waals surface area (Å²) in [6.45, 7) is 9.08. The van der Waals surface area contributed by atoms with Crippen molar-refractivity contribution in [3.63, 3.8) is 0 Å². The summed E-state index contributed by atoms with van der Waals surface area (Å²) < 4.78 is 47.7. The number of aromatic nitrogens is 2. The first-order valence-electron chi connectivity index (χ1n) is 11.6. The highest BCUT2D eigenvalue weighted by molar-refractivity contribution is 7.89. The summed E-state index contributed by atoms with van der Waals surface area (Å²) >= 11 is 0. The number of sulfonamides is 1. The molecule has 7 nitrogen and oxygen atoms in total. The van der Waals surface area contributed by atoms with Crippen LogP contribution in [0.15, 0.2) is 42.6 Å². The number of aryl methyl sites for hydroxylation is 1. The summed E-state index contributed by atoms with van der Waals surface area (Å²) in [5.41, 5.74) is 3.91. The molecule has 1 aliphatic rings. The van der Waals surface area contributed by atoms with E-state index < -0.39 is 10.0 Å².